The topological polar surface area (TPSA) is 74.8 Å². The summed E-state index contributed by atoms with van der Waals surface area (Å²) < 4.78 is 62.5. The van der Waals surface area contributed by atoms with E-state index >= 15 is 17.6 Å². The second-order valence-corrected chi connectivity index (χ2v) is 8.97. The fourth-order valence-corrected chi connectivity index (χ4v) is 5.13. The predicted molar refractivity (Wildman–Crippen MR) is 128 cm³/mol. The largest absolute Gasteiger partial charge is 0.269 e. The van der Waals surface area contributed by atoms with Crippen molar-refractivity contribution in [1.29, 1.82) is 0 Å². The van der Waals surface area contributed by atoms with Crippen molar-refractivity contribution < 1.29 is 36.7 Å². The van der Waals surface area contributed by atoms with E-state index in [1.54, 1.807) is 12.1 Å². The number of nitrogens with zero attached hydrogens (tertiary/aromatic N) is 2. The number of imide groups is 2. The summed E-state index contributed by atoms with van der Waals surface area (Å²) >= 11 is 0. The molecule has 0 spiro atoms. The lowest BCUT2D eigenvalue weighted by atomic mass is 9.84. The molecule has 0 saturated carbocycles. The molecule has 0 unspecified atom stereocenters. The number of carbonyl (C=O) groups excluding carboxylic acids is 4. The Kier molecular flexibility index (Phi) is 4.84. The third-order valence-corrected chi connectivity index (χ3v) is 6.89. The van der Waals surface area contributed by atoms with Crippen molar-refractivity contribution >= 4 is 45.8 Å². The zero-order chi connectivity index (χ0) is 27.2. The minimum absolute atomic E-state index is 0.0564. The number of rotatable bonds is 2. The molecule has 0 radical (unpaired) electrons. The fraction of sp³-hybridized carbons (Fsp3) is 0.0714. The van der Waals surface area contributed by atoms with Crippen LogP contribution >= 0.6 is 0 Å². The van der Waals surface area contributed by atoms with E-state index in [0.717, 1.165) is 0 Å². The molecular weight excluding hydrogens is 504 g/mol. The van der Waals surface area contributed by atoms with Crippen molar-refractivity contribution in [2.75, 3.05) is 9.80 Å². The van der Waals surface area contributed by atoms with Crippen LogP contribution in [0.5, 0.6) is 0 Å². The molecule has 4 aromatic rings. The van der Waals surface area contributed by atoms with Gasteiger partial charge in [0, 0.05) is 10.8 Å². The second kappa shape index (κ2) is 7.82. The van der Waals surface area contributed by atoms with E-state index in [4.69, 9.17) is 0 Å². The molecule has 6 rings (SSSR count). The number of para-hydroxylation sites is 2. The lowest BCUT2D eigenvalue weighted by Crippen LogP contribution is -2.46. The summed E-state index contributed by atoms with van der Waals surface area (Å²) in [5.74, 6) is -12.7. The zero-order valence-electron chi connectivity index (χ0n) is 19.7. The molecule has 6 nitrogen and oxygen atoms in total. The Balaban J connectivity index is 1.74. The smallest absolute Gasteiger partial charge is 0.268 e. The number of hydrogen-bond acceptors (Lipinski definition) is 4. The monoisotopic (exact) mass is 518 g/mol. The van der Waals surface area contributed by atoms with E-state index in [0.29, 0.717) is 20.9 Å². The Bertz CT molecular complexity index is 1620. The summed E-state index contributed by atoms with van der Waals surface area (Å²) in [4.78, 5) is 54.7. The van der Waals surface area contributed by atoms with E-state index in [1.807, 2.05) is 0 Å². The van der Waals surface area contributed by atoms with E-state index in [2.05, 4.69) is 0 Å². The van der Waals surface area contributed by atoms with Gasteiger partial charge in [-0.05, 0) is 37.1 Å². The molecule has 2 heterocycles. The van der Waals surface area contributed by atoms with Crippen LogP contribution < -0.4 is 9.80 Å². The van der Waals surface area contributed by atoms with Gasteiger partial charge in [0.25, 0.3) is 23.6 Å². The first kappa shape index (κ1) is 23.5. The van der Waals surface area contributed by atoms with Crippen LogP contribution in [-0.2, 0) is 0 Å². The first-order chi connectivity index (χ1) is 18.1. The van der Waals surface area contributed by atoms with E-state index in [1.165, 1.54) is 50.2 Å². The Morgan fingerprint density at radius 1 is 0.474 bits per heavy atom. The minimum Gasteiger partial charge on any atom is -0.268 e. The lowest BCUT2D eigenvalue weighted by molar-refractivity contribution is 0.0862. The van der Waals surface area contributed by atoms with Crippen LogP contribution in [0.15, 0.2) is 48.5 Å². The van der Waals surface area contributed by atoms with Crippen LogP contribution in [0.4, 0.5) is 28.9 Å². The highest BCUT2D eigenvalue weighted by molar-refractivity contribution is 6.42. The summed E-state index contributed by atoms with van der Waals surface area (Å²) in [6.07, 6.45) is 0. The van der Waals surface area contributed by atoms with Crippen molar-refractivity contribution in [3.63, 3.8) is 0 Å². The Morgan fingerprint density at radius 2 is 0.737 bits per heavy atom. The molecule has 0 N–H and O–H groups in total. The quantitative estimate of drug-likeness (QED) is 0.255. The fourth-order valence-electron chi connectivity index (χ4n) is 5.13. The van der Waals surface area contributed by atoms with Gasteiger partial charge in [0.2, 0.25) is 0 Å². The second-order valence-electron chi connectivity index (χ2n) is 8.97. The summed E-state index contributed by atoms with van der Waals surface area (Å²) in [5, 5.41) is -1.64. The van der Waals surface area contributed by atoms with Gasteiger partial charge >= 0.3 is 0 Å². The molecule has 0 atom stereocenters. The Morgan fingerprint density at radius 3 is 1.00 bits per heavy atom. The molecule has 4 aromatic carbocycles. The van der Waals surface area contributed by atoms with Crippen molar-refractivity contribution in [3.8, 4) is 0 Å². The van der Waals surface area contributed by atoms with Crippen LogP contribution in [0.2, 0.25) is 0 Å². The maximum atomic E-state index is 15.6. The molecule has 0 aliphatic carbocycles. The number of amides is 4. The van der Waals surface area contributed by atoms with Gasteiger partial charge in [-0.3, -0.25) is 19.2 Å². The average Bonchev–Trinajstić information content (AvgIpc) is 2.87. The molecular formula is C28H14F4N2O4. The maximum Gasteiger partial charge on any atom is 0.269 e. The van der Waals surface area contributed by atoms with Gasteiger partial charge in [-0.2, -0.15) is 0 Å². The van der Waals surface area contributed by atoms with Crippen molar-refractivity contribution in [1.82, 2.24) is 0 Å². The number of benzene rings is 4. The van der Waals surface area contributed by atoms with Crippen LogP contribution in [0.1, 0.15) is 52.6 Å². The molecule has 0 aromatic heterocycles. The zero-order valence-corrected chi connectivity index (χ0v) is 19.7. The number of hydrogen-bond donors (Lipinski definition) is 0. The molecule has 2 aliphatic rings. The summed E-state index contributed by atoms with van der Waals surface area (Å²) in [6, 6.07) is 11.8. The lowest BCUT2D eigenvalue weighted by Gasteiger charge is -2.33. The SMILES string of the molecule is Cc1ccccc1N1C(=O)c2c(F)c(F)c3c4c(c(F)c(F)c(c24)C1=O)C(=O)N(c1ccccc1C)C3=O. The highest BCUT2D eigenvalue weighted by atomic mass is 19.2. The molecule has 2 aliphatic heterocycles. The van der Waals surface area contributed by atoms with Gasteiger partial charge in [0.1, 0.15) is 0 Å². The van der Waals surface area contributed by atoms with Gasteiger partial charge in [-0.1, -0.05) is 36.4 Å². The minimum atomic E-state index is -1.82. The summed E-state index contributed by atoms with van der Waals surface area (Å²) in [7, 11) is 0. The molecule has 10 heteroatoms. The van der Waals surface area contributed by atoms with Crippen LogP contribution in [0, 0.1) is 37.1 Å². The van der Waals surface area contributed by atoms with E-state index < -0.39 is 79.9 Å². The van der Waals surface area contributed by atoms with Gasteiger partial charge < -0.3 is 0 Å². The number of halogens is 4. The van der Waals surface area contributed by atoms with Crippen LogP contribution in [0.3, 0.4) is 0 Å². The Hall–Kier alpha value is -4.86. The third kappa shape index (κ3) is 2.77. The van der Waals surface area contributed by atoms with Crippen molar-refractivity contribution in [2.24, 2.45) is 0 Å². The molecule has 0 saturated heterocycles. The Labute approximate surface area is 211 Å². The number of carbonyl (C=O) groups is 4. The van der Waals surface area contributed by atoms with Crippen LogP contribution in [0.25, 0.3) is 10.8 Å². The van der Waals surface area contributed by atoms with Gasteiger partial charge in [-0.15, -0.1) is 0 Å². The first-order valence-electron chi connectivity index (χ1n) is 11.3. The van der Waals surface area contributed by atoms with E-state index in [-0.39, 0.29) is 11.4 Å². The molecule has 38 heavy (non-hydrogen) atoms. The highest BCUT2D eigenvalue weighted by Gasteiger charge is 2.48. The standard InChI is InChI=1S/C28H14F4N2O4/c1-11-7-3-5-9-13(11)33-25(35)17-15-16-19(23(31)21(17)29)27(37)34(14-10-6-4-8-12(14)2)28(38)20(16)24(32)22(30)18(15)26(33)36/h3-10H,1-2H3. The first-order valence-corrected chi connectivity index (χ1v) is 11.3. The average molecular weight is 518 g/mol. The van der Waals surface area contributed by atoms with E-state index in [9.17, 15) is 19.2 Å². The van der Waals surface area contributed by atoms with Gasteiger partial charge in [-0.25, -0.2) is 27.4 Å². The highest BCUT2D eigenvalue weighted by Crippen LogP contribution is 2.45. The normalized spacial score (nSPS) is 14.7. The van der Waals surface area contributed by atoms with Gasteiger partial charge in [0.05, 0.1) is 33.6 Å². The molecule has 188 valence electrons. The predicted octanol–water partition coefficient (Wildman–Crippen LogP) is 5.61. The number of anilines is 2. The van der Waals surface area contributed by atoms with Crippen molar-refractivity contribution in [3.05, 3.63) is 105 Å². The molecule has 0 bridgehead atoms. The van der Waals surface area contributed by atoms with Gasteiger partial charge in [0.15, 0.2) is 23.3 Å². The molecule has 0 fully saturated rings. The van der Waals surface area contributed by atoms with Crippen LogP contribution in [-0.4, -0.2) is 23.6 Å². The van der Waals surface area contributed by atoms with Crippen molar-refractivity contribution in [2.45, 2.75) is 13.8 Å². The maximum absolute atomic E-state index is 15.6. The number of aryl methyl sites for hydroxylation is 2. The summed E-state index contributed by atoms with van der Waals surface area (Å²) in [6.45, 7) is 3.05. The summed E-state index contributed by atoms with van der Waals surface area (Å²) in [5.41, 5.74) is -3.70. The third-order valence-electron chi connectivity index (χ3n) is 6.89. The molecule has 4 amide bonds.